The number of para-hydroxylation sites is 1. The van der Waals surface area contributed by atoms with Crippen LogP contribution in [0.15, 0.2) is 120 Å². The highest BCUT2D eigenvalue weighted by Crippen LogP contribution is 2.36. The van der Waals surface area contributed by atoms with E-state index in [4.69, 9.17) is 4.74 Å². The second-order valence-electron chi connectivity index (χ2n) is 11.2. The van der Waals surface area contributed by atoms with Crippen LogP contribution in [-0.2, 0) is 14.3 Å². The molecule has 0 radical (unpaired) electrons. The first-order chi connectivity index (χ1) is 25.2. The topological polar surface area (TPSA) is 156 Å². The first-order valence-corrected chi connectivity index (χ1v) is 17.8. The Bertz CT molecular complexity index is 2100. The average Bonchev–Trinajstić information content (AvgIpc) is 3.49. The van der Waals surface area contributed by atoms with Gasteiger partial charge in [0.2, 0.25) is 5.91 Å². The molecule has 0 bridgehead atoms. The van der Waals surface area contributed by atoms with Gasteiger partial charge in [0.15, 0.2) is 0 Å². The van der Waals surface area contributed by atoms with E-state index in [-0.39, 0.29) is 27.0 Å². The van der Waals surface area contributed by atoms with Gasteiger partial charge in [-0.25, -0.2) is 4.79 Å². The number of pyridine rings is 1. The molecule has 3 aromatic carbocycles. The highest BCUT2D eigenvalue weighted by Gasteiger charge is 2.28. The summed E-state index contributed by atoms with van der Waals surface area (Å²) in [6, 6.07) is 27.9. The van der Waals surface area contributed by atoms with Crippen LogP contribution in [0, 0.1) is 6.92 Å². The molecule has 0 spiro atoms. The number of hydrogen-bond acceptors (Lipinski definition) is 9. The molecule has 2 aromatic heterocycles. The van der Waals surface area contributed by atoms with Gasteiger partial charge >= 0.3 is 5.97 Å². The van der Waals surface area contributed by atoms with E-state index in [0.29, 0.717) is 39.4 Å². The summed E-state index contributed by atoms with van der Waals surface area (Å²) in [5, 5.41) is 10.8. The molecule has 5 aromatic rings. The van der Waals surface area contributed by atoms with Crippen LogP contribution in [0.1, 0.15) is 54.9 Å². The van der Waals surface area contributed by atoms with Crippen LogP contribution in [0.4, 0.5) is 16.4 Å². The smallest absolute Gasteiger partial charge is 0.341 e. The molecule has 0 saturated heterocycles. The molecule has 0 aliphatic carbocycles. The Morgan fingerprint density at radius 1 is 0.846 bits per heavy atom. The first-order valence-electron chi connectivity index (χ1n) is 16.1. The van der Waals surface area contributed by atoms with Crippen molar-refractivity contribution in [3.8, 4) is 0 Å². The van der Waals surface area contributed by atoms with Gasteiger partial charge in [0, 0.05) is 34.2 Å². The maximum atomic E-state index is 13.6. The van der Waals surface area contributed by atoms with Crippen LogP contribution >= 0.6 is 23.1 Å². The number of methoxy groups -OCH3 is 1. The van der Waals surface area contributed by atoms with Gasteiger partial charge < -0.3 is 26.0 Å². The summed E-state index contributed by atoms with van der Waals surface area (Å²) in [4.78, 5) is 71.1. The lowest BCUT2D eigenvalue weighted by Gasteiger charge is -2.16. The molecular weight excluding hydrogens is 699 g/mol. The number of esters is 1. The van der Waals surface area contributed by atoms with Crippen LogP contribution in [0.2, 0.25) is 0 Å². The highest BCUT2D eigenvalue weighted by molar-refractivity contribution is 8.00. The van der Waals surface area contributed by atoms with E-state index in [1.54, 1.807) is 110 Å². The summed E-state index contributed by atoms with van der Waals surface area (Å²) in [6.45, 7) is 3.49. The molecule has 13 heteroatoms. The Labute approximate surface area is 308 Å². The number of carbonyl (C=O) groups excluding carboxylic acids is 5. The van der Waals surface area contributed by atoms with Gasteiger partial charge in [-0.1, -0.05) is 55.5 Å². The van der Waals surface area contributed by atoms with E-state index in [2.05, 4.69) is 26.3 Å². The van der Waals surface area contributed by atoms with E-state index in [1.807, 2.05) is 13.0 Å². The van der Waals surface area contributed by atoms with E-state index in [0.717, 1.165) is 11.3 Å². The molecule has 1 atom stereocenters. The second kappa shape index (κ2) is 17.7. The number of thiophene rings is 1. The zero-order valence-corrected chi connectivity index (χ0v) is 30.1. The van der Waals surface area contributed by atoms with Gasteiger partial charge in [0.25, 0.3) is 17.7 Å². The summed E-state index contributed by atoms with van der Waals surface area (Å²) >= 11 is 2.26. The Morgan fingerprint density at radius 3 is 2.23 bits per heavy atom. The Balaban J connectivity index is 1.31. The number of carbonyl (C=O) groups is 5. The maximum absolute atomic E-state index is 13.6. The summed E-state index contributed by atoms with van der Waals surface area (Å²) in [5.74, 6) is -2.49. The zero-order valence-electron chi connectivity index (χ0n) is 28.5. The average molecular weight is 734 g/mol. The summed E-state index contributed by atoms with van der Waals surface area (Å²) in [7, 11) is 1.24. The largest absolute Gasteiger partial charge is 0.465 e. The van der Waals surface area contributed by atoms with Crippen molar-refractivity contribution >= 4 is 75.1 Å². The number of nitrogens with zero attached hydrogens (tertiary/aromatic N) is 1. The molecule has 0 saturated carbocycles. The van der Waals surface area contributed by atoms with Crippen molar-refractivity contribution in [1.82, 2.24) is 10.3 Å². The summed E-state index contributed by atoms with van der Waals surface area (Å²) in [5.41, 5.74) is 2.53. The molecule has 1 unspecified atom stereocenters. The lowest BCUT2D eigenvalue weighted by Crippen LogP contribution is -2.30. The van der Waals surface area contributed by atoms with Crippen LogP contribution < -0.4 is 21.3 Å². The molecule has 0 fully saturated rings. The Morgan fingerprint density at radius 2 is 1.56 bits per heavy atom. The molecule has 264 valence electrons. The number of hydrogen-bond donors (Lipinski definition) is 4. The Kier molecular flexibility index (Phi) is 12.7. The van der Waals surface area contributed by atoms with Gasteiger partial charge in [-0.05, 0) is 79.1 Å². The number of amides is 4. The number of thioether (sulfide) groups is 1. The molecule has 4 N–H and O–H groups in total. The van der Waals surface area contributed by atoms with Gasteiger partial charge in [0.1, 0.15) is 10.7 Å². The van der Waals surface area contributed by atoms with Crippen molar-refractivity contribution in [2.24, 2.45) is 0 Å². The van der Waals surface area contributed by atoms with Crippen molar-refractivity contribution in [3.63, 3.8) is 0 Å². The van der Waals surface area contributed by atoms with Gasteiger partial charge in [-0.15, -0.1) is 23.1 Å². The minimum absolute atomic E-state index is 0.00944. The minimum Gasteiger partial charge on any atom is -0.465 e. The van der Waals surface area contributed by atoms with E-state index < -0.39 is 28.9 Å². The summed E-state index contributed by atoms with van der Waals surface area (Å²) in [6.07, 6.45) is 5.14. The van der Waals surface area contributed by atoms with Gasteiger partial charge in [0.05, 0.1) is 22.8 Å². The molecule has 0 aliphatic rings. The van der Waals surface area contributed by atoms with Gasteiger partial charge in [-0.3, -0.25) is 24.2 Å². The number of nitrogens with one attached hydrogen (secondary N) is 4. The number of aromatic nitrogens is 1. The van der Waals surface area contributed by atoms with Gasteiger partial charge in [-0.2, -0.15) is 0 Å². The highest BCUT2D eigenvalue weighted by atomic mass is 32.2. The van der Waals surface area contributed by atoms with Crippen molar-refractivity contribution in [2.75, 3.05) is 23.1 Å². The van der Waals surface area contributed by atoms with E-state index in [1.165, 1.54) is 24.9 Å². The third kappa shape index (κ3) is 9.59. The third-order valence-corrected chi connectivity index (χ3v) is 10.1. The molecule has 5 rings (SSSR count). The second-order valence-corrected chi connectivity index (χ2v) is 13.5. The lowest BCUT2D eigenvalue weighted by molar-refractivity contribution is -0.116. The molecular formula is C39H35N5O6S2. The standard InChI is InChI=1S/C39H35N5O6S2/c1-4-31(36(47)44-38-32(39(49)50-3)24(2)33(52-38)37(48)41-27-16-9-6-10-17-27)51-29-19-11-18-28(22-29)42-35(46)30(21-25-13-12-20-40-23-25)43-34(45)26-14-7-5-8-15-26/h5-23,31H,4H2,1-3H3,(H,41,48)(H,42,46)(H,43,45)(H,44,47)/b30-21-. The quantitative estimate of drug-likeness (QED) is 0.0554. The predicted octanol–water partition coefficient (Wildman–Crippen LogP) is 7.41. The number of benzene rings is 3. The zero-order chi connectivity index (χ0) is 37.0. The van der Waals surface area contributed by atoms with Crippen LogP contribution in [0.3, 0.4) is 0 Å². The SMILES string of the molecule is CCC(Sc1cccc(NC(=O)/C(=C/c2cccnc2)NC(=O)c2ccccc2)c1)C(=O)Nc1sc(C(=O)Nc2ccccc2)c(C)c1C(=O)OC. The lowest BCUT2D eigenvalue weighted by atomic mass is 10.1. The van der Waals surface area contributed by atoms with Crippen molar-refractivity contribution in [1.29, 1.82) is 0 Å². The monoisotopic (exact) mass is 733 g/mol. The number of ether oxygens (including phenoxy) is 1. The molecule has 2 heterocycles. The fourth-order valence-corrected chi connectivity index (χ4v) is 7.08. The predicted molar refractivity (Wildman–Crippen MR) is 205 cm³/mol. The van der Waals surface area contributed by atoms with E-state index in [9.17, 15) is 24.0 Å². The van der Waals surface area contributed by atoms with Crippen LogP contribution in [0.5, 0.6) is 0 Å². The van der Waals surface area contributed by atoms with Crippen molar-refractivity contribution in [3.05, 3.63) is 142 Å². The maximum Gasteiger partial charge on any atom is 0.341 e. The number of rotatable bonds is 13. The number of anilines is 3. The molecule has 4 amide bonds. The van der Waals surface area contributed by atoms with Crippen LogP contribution in [0.25, 0.3) is 6.08 Å². The first kappa shape index (κ1) is 37.2. The molecule has 11 nitrogen and oxygen atoms in total. The third-order valence-electron chi connectivity index (χ3n) is 7.57. The van der Waals surface area contributed by atoms with Crippen molar-refractivity contribution < 1.29 is 28.7 Å². The molecule has 52 heavy (non-hydrogen) atoms. The normalized spacial score (nSPS) is 11.6. The Hall–Kier alpha value is -6.05. The van der Waals surface area contributed by atoms with E-state index >= 15 is 0 Å². The molecule has 0 aliphatic heterocycles. The fourth-order valence-electron chi connectivity index (χ4n) is 4.97. The van der Waals surface area contributed by atoms with Crippen molar-refractivity contribution in [2.45, 2.75) is 30.4 Å². The minimum atomic E-state index is -0.677. The fraction of sp³-hybridized carbons (Fsp3) is 0.128. The summed E-state index contributed by atoms with van der Waals surface area (Å²) < 4.78 is 4.99. The van der Waals surface area contributed by atoms with Crippen LogP contribution in [-0.4, -0.2) is 46.9 Å².